The van der Waals surface area contributed by atoms with Crippen molar-refractivity contribution in [3.63, 3.8) is 0 Å². The maximum absolute atomic E-state index is 5.13. The molecular weight excluding hydrogens is 236 g/mol. The van der Waals surface area contributed by atoms with Gasteiger partial charge in [-0.3, -0.25) is 0 Å². The second-order valence-corrected chi connectivity index (χ2v) is 3.26. The van der Waals surface area contributed by atoms with Gasteiger partial charge < -0.3 is 4.74 Å². The van der Waals surface area contributed by atoms with Gasteiger partial charge in [0.2, 0.25) is 0 Å². The predicted octanol–water partition coefficient (Wildman–Crippen LogP) is 1.29. The van der Waals surface area contributed by atoms with Crippen LogP contribution in [0.25, 0.3) is 5.78 Å². The Hall–Kier alpha value is -1.17. The minimum Gasteiger partial charge on any atom is -0.463 e. The zero-order valence-corrected chi connectivity index (χ0v) is 8.52. The largest absolute Gasteiger partial charge is 0.463 e. The molecule has 0 unspecified atom stereocenters. The van der Waals surface area contributed by atoms with Gasteiger partial charge in [-0.1, -0.05) is 0 Å². The number of rotatable bonds is 2. The Morgan fingerprint density at radius 2 is 2.46 bits per heavy atom. The lowest BCUT2D eigenvalue weighted by molar-refractivity contribution is 0.313. The number of ether oxygens (including phenoxy) is 1. The quantitative estimate of drug-likeness (QED) is 0.797. The lowest BCUT2D eigenvalue weighted by Crippen LogP contribution is -1.93. The summed E-state index contributed by atoms with van der Waals surface area (Å²) in [5.74, 6) is 0.534. The van der Waals surface area contributed by atoms with Crippen LogP contribution >= 0.6 is 15.9 Å². The fraction of sp³-hybridized carbons (Fsp3) is 0.286. The van der Waals surface area contributed by atoms with Crippen molar-refractivity contribution in [2.45, 2.75) is 6.92 Å². The molecule has 0 N–H and O–H groups in total. The topological polar surface area (TPSA) is 52.3 Å². The van der Waals surface area contributed by atoms with Gasteiger partial charge in [0.1, 0.15) is 0 Å². The van der Waals surface area contributed by atoms with Gasteiger partial charge >= 0.3 is 6.01 Å². The molecule has 5 nitrogen and oxygen atoms in total. The summed E-state index contributed by atoms with van der Waals surface area (Å²) in [4.78, 5) is 8.09. The first-order valence-electron chi connectivity index (χ1n) is 3.80. The van der Waals surface area contributed by atoms with Crippen LogP contribution in [-0.4, -0.2) is 26.2 Å². The van der Waals surface area contributed by atoms with E-state index < -0.39 is 0 Å². The third kappa shape index (κ3) is 1.62. The molecule has 0 saturated carbocycles. The van der Waals surface area contributed by atoms with E-state index in [1.165, 1.54) is 0 Å². The molecule has 2 heterocycles. The minimum absolute atomic E-state index is 0.355. The molecule has 0 radical (unpaired) electrons. The maximum Gasteiger partial charge on any atom is 0.337 e. The van der Waals surface area contributed by atoms with Gasteiger partial charge in [0.15, 0.2) is 0 Å². The first kappa shape index (κ1) is 8.43. The molecule has 0 aromatic carbocycles. The number of halogens is 1. The lowest BCUT2D eigenvalue weighted by Gasteiger charge is -1.91. The molecule has 68 valence electrons. The Labute approximate surface area is 82.9 Å². The molecule has 13 heavy (non-hydrogen) atoms. The van der Waals surface area contributed by atoms with Gasteiger partial charge in [-0.05, 0) is 22.9 Å². The summed E-state index contributed by atoms with van der Waals surface area (Å²) >= 11 is 3.29. The van der Waals surface area contributed by atoms with Crippen molar-refractivity contribution in [2.24, 2.45) is 0 Å². The van der Waals surface area contributed by atoms with E-state index in [-0.39, 0.29) is 0 Å². The molecule has 6 heteroatoms. The van der Waals surface area contributed by atoms with E-state index in [0.717, 1.165) is 4.47 Å². The Kier molecular flexibility index (Phi) is 2.13. The van der Waals surface area contributed by atoms with Gasteiger partial charge in [-0.25, -0.2) is 4.98 Å². The zero-order chi connectivity index (χ0) is 9.26. The average Bonchev–Trinajstić information content (AvgIpc) is 2.46. The van der Waals surface area contributed by atoms with Crippen molar-refractivity contribution in [1.82, 2.24) is 19.6 Å². The fourth-order valence-electron chi connectivity index (χ4n) is 0.930. The van der Waals surface area contributed by atoms with Crippen LogP contribution in [0.1, 0.15) is 6.92 Å². The first-order valence-corrected chi connectivity index (χ1v) is 4.59. The summed E-state index contributed by atoms with van der Waals surface area (Å²) in [5.41, 5.74) is 0. The maximum atomic E-state index is 5.13. The predicted molar refractivity (Wildman–Crippen MR) is 49.7 cm³/mol. The van der Waals surface area contributed by atoms with Crippen molar-refractivity contribution in [2.75, 3.05) is 6.61 Å². The summed E-state index contributed by atoms with van der Waals surface area (Å²) in [6, 6.07) is 0.355. The molecule has 0 aliphatic rings. The molecule has 0 amide bonds. The van der Waals surface area contributed by atoms with E-state index >= 15 is 0 Å². The van der Waals surface area contributed by atoms with Crippen LogP contribution in [0.2, 0.25) is 0 Å². The second-order valence-electron chi connectivity index (χ2n) is 2.34. The third-order valence-electron chi connectivity index (χ3n) is 1.42. The van der Waals surface area contributed by atoms with Crippen LogP contribution < -0.4 is 4.74 Å². The van der Waals surface area contributed by atoms with Gasteiger partial charge in [-0.15, -0.1) is 5.10 Å². The molecular formula is C7H7BrN4O. The Morgan fingerprint density at radius 1 is 1.62 bits per heavy atom. The van der Waals surface area contributed by atoms with Crippen molar-refractivity contribution < 1.29 is 4.74 Å². The van der Waals surface area contributed by atoms with Crippen LogP contribution in [0.3, 0.4) is 0 Å². The molecule has 2 aromatic heterocycles. The van der Waals surface area contributed by atoms with Crippen molar-refractivity contribution >= 4 is 21.7 Å². The molecule has 0 atom stereocenters. The van der Waals surface area contributed by atoms with Gasteiger partial charge in [0, 0.05) is 12.4 Å². The smallest absolute Gasteiger partial charge is 0.337 e. The number of hydrogen-bond acceptors (Lipinski definition) is 4. The molecule has 0 aliphatic heterocycles. The minimum atomic E-state index is 0.355. The van der Waals surface area contributed by atoms with E-state index in [2.05, 4.69) is 31.0 Å². The number of hydrogen-bond donors (Lipinski definition) is 0. The highest BCUT2D eigenvalue weighted by atomic mass is 79.9. The average molecular weight is 243 g/mol. The summed E-state index contributed by atoms with van der Waals surface area (Å²) < 4.78 is 7.55. The molecule has 0 bridgehead atoms. The highest BCUT2D eigenvalue weighted by molar-refractivity contribution is 9.10. The monoisotopic (exact) mass is 242 g/mol. The Bertz CT molecular complexity index is 427. The molecule has 2 rings (SSSR count). The SMILES string of the molecule is CCOc1nc2ncc(Br)cn2n1. The molecule has 0 aliphatic carbocycles. The van der Waals surface area contributed by atoms with Crippen molar-refractivity contribution in [1.29, 1.82) is 0 Å². The molecule has 0 saturated heterocycles. The number of aromatic nitrogens is 4. The summed E-state index contributed by atoms with van der Waals surface area (Å²) in [6.07, 6.45) is 3.44. The third-order valence-corrected chi connectivity index (χ3v) is 1.83. The fourth-order valence-corrected chi connectivity index (χ4v) is 1.23. The Morgan fingerprint density at radius 3 is 3.23 bits per heavy atom. The van der Waals surface area contributed by atoms with Crippen molar-refractivity contribution in [3.05, 3.63) is 16.9 Å². The normalized spacial score (nSPS) is 10.6. The highest BCUT2D eigenvalue weighted by Gasteiger charge is 2.04. The molecule has 0 spiro atoms. The first-order chi connectivity index (χ1) is 6.29. The molecule has 2 aromatic rings. The van der Waals surface area contributed by atoms with Crippen LogP contribution in [0, 0.1) is 0 Å². The zero-order valence-electron chi connectivity index (χ0n) is 6.94. The second kappa shape index (κ2) is 3.29. The van der Waals surface area contributed by atoms with Crippen LogP contribution in [0.5, 0.6) is 6.01 Å². The van der Waals surface area contributed by atoms with Gasteiger partial charge in [0.25, 0.3) is 5.78 Å². The summed E-state index contributed by atoms with van der Waals surface area (Å²) in [5, 5.41) is 4.05. The highest BCUT2D eigenvalue weighted by Crippen LogP contribution is 2.10. The lowest BCUT2D eigenvalue weighted by atomic mass is 10.7. The number of nitrogens with zero attached hydrogens (tertiary/aromatic N) is 4. The van der Waals surface area contributed by atoms with Crippen LogP contribution in [-0.2, 0) is 0 Å². The van der Waals surface area contributed by atoms with Crippen LogP contribution in [0.15, 0.2) is 16.9 Å². The standard InChI is InChI=1S/C7H7BrN4O/c1-2-13-7-10-6-9-3-5(8)4-12(6)11-7/h3-4H,2H2,1H3. The summed E-state index contributed by atoms with van der Waals surface area (Å²) in [7, 11) is 0. The van der Waals surface area contributed by atoms with Gasteiger partial charge in [-0.2, -0.15) is 9.50 Å². The van der Waals surface area contributed by atoms with E-state index in [9.17, 15) is 0 Å². The summed E-state index contributed by atoms with van der Waals surface area (Å²) in [6.45, 7) is 2.44. The van der Waals surface area contributed by atoms with Gasteiger partial charge in [0.05, 0.1) is 11.1 Å². The van der Waals surface area contributed by atoms with E-state index in [1.807, 2.05) is 6.92 Å². The molecule has 0 fully saturated rings. The number of fused-ring (bicyclic) bond motifs is 1. The van der Waals surface area contributed by atoms with E-state index in [4.69, 9.17) is 4.74 Å². The van der Waals surface area contributed by atoms with E-state index in [0.29, 0.717) is 18.4 Å². The van der Waals surface area contributed by atoms with Crippen LogP contribution in [0.4, 0.5) is 0 Å². The van der Waals surface area contributed by atoms with E-state index in [1.54, 1.807) is 16.9 Å². The Balaban J connectivity index is 2.49. The van der Waals surface area contributed by atoms with Crippen molar-refractivity contribution in [3.8, 4) is 6.01 Å².